The van der Waals surface area contributed by atoms with Gasteiger partial charge in [0, 0.05) is 25.7 Å². The van der Waals surface area contributed by atoms with Crippen LogP contribution in [0.15, 0.2) is 6.07 Å². The van der Waals surface area contributed by atoms with Crippen LogP contribution in [0.2, 0.25) is 0 Å². The minimum absolute atomic E-state index is 0.0382. The predicted octanol–water partition coefficient (Wildman–Crippen LogP) is 1.40. The Morgan fingerprint density at radius 1 is 1.50 bits per heavy atom. The van der Waals surface area contributed by atoms with E-state index in [1.54, 1.807) is 11.8 Å². The zero-order valence-electron chi connectivity index (χ0n) is 10.1. The van der Waals surface area contributed by atoms with Gasteiger partial charge >= 0.3 is 0 Å². The van der Waals surface area contributed by atoms with Crippen molar-refractivity contribution >= 4 is 22.9 Å². The summed E-state index contributed by atoms with van der Waals surface area (Å²) in [7, 11) is 0. The van der Waals surface area contributed by atoms with Crippen LogP contribution < -0.4 is 5.32 Å². The molecule has 0 radical (unpaired) electrons. The van der Waals surface area contributed by atoms with E-state index in [9.17, 15) is 14.9 Å². The average Bonchev–Trinajstić information content (AvgIpc) is 2.56. The Kier molecular flexibility index (Phi) is 3.93. The van der Waals surface area contributed by atoms with E-state index >= 15 is 0 Å². The molecule has 1 fully saturated rings. The maximum atomic E-state index is 12.2. The smallest absolute Gasteiger partial charge is 0.283 e. The Balaban J connectivity index is 2.17. The van der Waals surface area contributed by atoms with E-state index < -0.39 is 4.92 Å². The number of nitrogens with zero attached hydrogens (tertiary/aromatic N) is 2. The van der Waals surface area contributed by atoms with E-state index in [1.165, 1.54) is 17.4 Å². The van der Waals surface area contributed by atoms with Crippen LogP contribution >= 0.6 is 11.3 Å². The molecule has 1 aliphatic rings. The van der Waals surface area contributed by atoms with Gasteiger partial charge in [-0.2, -0.15) is 0 Å². The van der Waals surface area contributed by atoms with Gasteiger partial charge in [-0.1, -0.05) is 0 Å². The number of aryl methyl sites for hydroxylation is 1. The second kappa shape index (κ2) is 5.45. The lowest BCUT2D eigenvalue weighted by Crippen LogP contribution is -2.33. The molecule has 98 valence electrons. The van der Waals surface area contributed by atoms with E-state index in [2.05, 4.69) is 5.32 Å². The van der Waals surface area contributed by atoms with Crippen molar-refractivity contribution in [3.8, 4) is 0 Å². The largest absolute Gasteiger partial charge is 0.337 e. The molecule has 7 heteroatoms. The first-order chi connectivity index (χ1) is 8.59. The highest BCUT2D eigenvalue weighted by Gasteiger charge is 2.23. The standard InChI is InChI=1S/C11H15N3O3S/c1-8-9(14(16)17)7-10(18-8)11(15)13-5-2-3-12-4-6-13/h7,12H,2-6H2,1H3. The zero-order valence-corrected chi connectivity index (χ0v) is 11.0. The molecule has 1 amide bonds. The number of thiophene rings is 1. The van der Waals surface area contributed by atoms with Crippen molar-refractivity contribution in [2.45, 2.75) is 13.3 Å². The van der Waals surface area contributed by atoms with Gasteiger partial charge in [0.1, 0.15) is 0 Å². The maximum absolute atomic E-state index is 12.2. The fourth-order valence-corrected chi connectivity index (χ4v) is 2.92. The highest BCUT2D eigenvalue weighted by molar-refractivity contribution is 7.14. The van der Waals surface area contributed by atoms with Crippen LogP contribution in [0.3, 0.4) is 0 Å². The fraction of sp³-hybridized carbons (Fsp3) is 0.545. The number of hydrogen-bond acceptors (Lipinski definition) is 5. The Morgan fingerprint density at radius 3 is 2.94 bits per heavy atom. The molecule has 1 aromatic rings. The lowest BCUT2D eigenvalue weighted by Gasteiger charge is -2.18. The molecule has 1 aliphatic heterocycles. The quantitative estimate of drug-likeness (QED) is 0.650. The second-order valence-electron chi connectivity index (χ2n) is 4.20. The summed E-state index contributed by atoms with van der Waals surface area (Å²) >= 11 is 1.20. The number of nitrogens with one attached hydrogen (secondary N) is 1. The molecule has 0 atom stereocenters. The number of amides is 1. The molecular weight excluding hydrogens is 254 g/mol. The van der Waals surface area contributed by atoms with Crippen molar-refractivity contribution in [2.24, 2.45) is 0 Å². The van der Waals surface area contributed by atoms with Crippen molar-refractivity contribution in [2.75, 3.05) is 26.2 Å². The normalized spacial score (nSPS) is 16.4. The molecule has 0 aromatic carbocycles. The molecule has 0 unspecified atom stereocenters. The van der Waals surface area contributed by atoms with E-state index in [-0.39, 0.29) is 11.6 Å². The van der Waals surface area contributed by atoms with Crippen molar-refractivity contribution in [3.05, 3.63) is 25.9 Å². The lowest BCUT2D eigenvalue weighted by molar-refractivity contribution is -0.385. The van der Waals surface area contributed by atoms with Gasteiger partial charge in [-0.15, -0.1) is 11.3 Å². The monoisotopic (exact) mass is 269 g/mol. The molecule has 6 nitrogen and oxygen atoms in total. The van der Waals surface area contributed by atoms with Crippen molar-refractivity contribution in [3.63, 3.8) is 0 Å². The van der Waals surface area contributed by atoms with Crippen molar-refractivity contribution in [1.29, 1.82) is 0 Å². The van der Waals surface area contributed by atoms with Crippen LogP contribution in [0, 0.1) is 17.0 Å². The molecule has 2 rings (SSSR count). The summed E-state index contributed by atoms with van der Waals surface area (Å²) in [5.41, 5.74) is 0.0382. The van der Waals surface area contributed by atoms with Crippen LogP contribution in [-0.4, -0.2) is 41.9 Å². The summed E-state index contributed by atoms with van der Waals surface area (Å²) in [6.07, 6.45) is 0.915. The number of rotatable bonds is 2. The third-order valence-corrected chi connectivity index (χ3v) is 3.95. The third-order valence-electron chi connectivity index (χ3n) is 2.93. The summed E-state index contributed by atoms with van der Waals surface area (Å²) in [5.74, 6) is -0.0973. The number of nitro groups is 1. The Labute approximate surface area is 109 Å². The fourth-order valence-electron chi connectivity index (χ4n) is 1.96. The van der Waals surface area contributed by atoms with Crippen LogP contribution in [0.5, 0.6) is 0 Å². The van der Waals surface area contributed by atoms with Gasteiger partial charge < -0.3 is 10.2 Å². The number of carbonyl (C=O) groups excluding carboxylic acids is 1. The zero-order chi connectivity index (χ0) is 13.1. The Bertz CT molecular complexity index is 464. The molecule has 0 spiro atoms. The SMILES string of the molecule is Cc1sc(C(=O)N2CCCNCC2)cc1[N+](=O)[O-]. The first-order valence-electron chi connectivity index (χ1n) is 5.84. The van der Waals surface area contributed by atoms with Crippen LogP contribution in [0.1, 0.15) is 21.0 Å². The van der Waals surface area contributed by atoms with Crippen LogP contribution in [0.4, 0.5) is 5.69 Å². The summed E-state index contributed by atoms with van der Waals surface area (Å²) in [4.78, 5) is 25.4. The first-order valence-corrected chi connectivity index (χ1v) is 6.66. The maximum Gasteiger partial charge on any atom is 0.283 e. The summed E-state index contributed by atoms with van der Waals surface area (Å²) < 4.78 is 0. The average molecular weight is 269 g/mol. The Hall–Kier alpha value is -1.47. The van der Waals surface area contributed by atoms with E-state index in [4.69, 9.17) is 0 Å². The summed E-state index contributed by atoms with van der Waals surface area (Å²) in [5, 5.41) is 14.0. The van der Waals surface area contributed by atoms with Gasteiger partial charge in [0.05, 0.1) is 14.7 Å². The molecule has 0 saturated carbocycles. The highest BCUT2D eigenvalue weighted by atomic mass is 32.1. The highest BCUT2D eigenvalue weighted by Crippen LogP contribution is 2.28. The number of hydrogen-bond donors (Lipinski definition) is 1. The van der Waals surface area contributed by atoms with Gasteiger partial charge in [-0.3, -0.25) is 14.9 Å². The first kappa shape index (κ1) is 13.0. The van der Waals surface area contributed by atoms with Crippen LogP contribution in [0.25, 0.3) is 0 Å². The molecule has 18 heavy (non-hydrogen) atoms. The molecule has 0 bridgehead atoms. The van der Waals surface area contributed by atoms with Gasteiger partial charge in [-0.25, -0.2) is 0 Å². The summed E-state index contributed by atoms with van der Waals surface area (Å²) in [6.45, 7) is 4.72. The second-order valence-corrected chi connectivity index (χ2v) is 5.46. The minimum atomic E-state index is -0.438. The molecular formula is C11H15N3O3S. The van der Waals surface area contributed by atoms with Gasteiger partial charge in [-0.05, 0) is 19.9 Å². The summed E-state index contributed by atoms with van der Waals surface area (Å²) in [6, 6.07) is 1.39. The van der Waals surface area contributed by atoms with E-state index in [0.717, 1.165) is 19.5 Å². The lowest BCUT2D eigenvalue weighted by atomic mass is 10.3. The van der Waals surface area contributed by atoms with Gasteiger partial charge in [0.2, 0.25) is 0 Å². The van der Waals surface area contributed by atoms with Crippen molar-refractivity contribution < 1.29 is 9.72 Å². The van der Waals surface area contributed by atoms with E-state index in [1.807, 2.05) is 0 Å². The van der Waals surface area contributed by atoms with E-state index in [0.29, 0.717) is 22.8 Å². The Morgan fingerprint density at radius 2 is 2.28 bits per heavy atom. The minimum Gasteiger partial charge on any atom is -0.337 e. The third kappa shape index (κ3) is 2.68. The molecule has 1 aromatic heterocycles. The van der Waals surface area contributed by atoms with Gasteiger partial charge in [0.25, 0.3) is 11.6 Å². The van der Waals surface area contributed by atoms with Crippen molar-refractivity contribution in [1.82, 2.24) is 10.2 Å². The molecule has 1 saturated heterocycles. The number of carbonyl (C=O) groups is 1. The van der Waals surface area contributed by atoms with Crippen LogP contribution in [-0.2, 0) is 0 Å². The van der Waals surface area contributed by atoms with Gasteiger partial charge in [0.15, 0.2) is 0 Å². The molecule has 0 aliphatic carbocycles. The topological polar surface area (TPSA) is 75.5 Å². The molecule has 1 N–H and O–H groups in total. The molecule has 2 heterocycles. The predicted molar refractivity (Wildman–Crippen MR) is 69.1 cm³/mol.